The highest BCUT2D eigenvalue weighted by Crippen LogP contribution is 2.37. The topological polar surface area (TPSA) is 17.1 Å². The summed E-state index contributed by atoms with van der Waals surface area (Å²) in [6.07, 6.45) is 3.04. The summed E-state index contributed by atoms with van der Waals surface area (Å²) in [7, 11) is 0. The van der Waals surface area contributed by atoms with E-state index < -0.39 is 0 Å². The highest BCUT2D eigenvalue weighted by atomic mass is 35.5. The molecule has 0 bridgehead atoms. The van der Waals surface area contributed by atoms with Crippen molar-refractivity contribution in [2.75, 3.05) is 0 Å². The fourth-order valence-electron chi connectivity index (χ4n) is 3.29. The lowest BCUT2D eigenvalue weighted by molar-refractivity contribution is 0.112. The second-order valence-corrected chi connectivity index (χ2v) is 5.87. The highest BCUT2D eigenvalue weighted by molar-refractivity contribution is 6.33. The van der Waals surface area contributed by atoms with Crippen molar-refractivity contribution in [3.63, 3.8) is 0 Å². The fourth-order valence-corrected chi connectivity index (χ4v) is 3.51. The third-order valence-electron chi connectivity index (χ3n) is 4.32. The van der Waals surface area contributed by atoms with E-state index in [1.54, 1.807) is 6.07 Å². The quantitative estimate of drug-likeness (QED) is 0.603. The number of benzene rings is 3. The maximum atomic E-state index is 10.9. The molecule has 1 aliphatic rings. The minimum Gasteiger partial charge on any atom is -0.298 e. The Labute approximate surface area is 128 Å². The van der Waals surface area contributed by atoms with Crippen molar-refractivity contribution in [1.82, 2.24) is 0 Å². The van der Waals surface area contributed by atoms with Crippen molar-refractivity contribution in [3.8, 4) is 11.1 Å². The van der Waals surface area contributed by atoms with Gasteiger partial charge in [-0.1, -0.05) is 48.0 Å². The first-order valence-electron chi connectivity index (χ1n) is 7.06. The lowest BCUT2D eigenvalue weighted by atomic mass is 9.95. The number of hydrogen-bond acceptors (Lipinski definition) is 1. The van der Waals surface area contributed by atoms with Crippen LogP contribution >= 0.6 is 11.6 Å². The zero-order chi connectivity index (χ0) is 14.4. The van der Waals surface area contributed by atoms with Gasteiger partial charge in [0.25, 0.3) is 0 Å². The Morgan fingerprint density at radius 1 is 0.952 bits per heavy atom. The first-order chi connectivity index (χ1) is 10.3. The van der Waals surface area contributed by atoms with Gasteiger partial charge in [0.2, 0.25) is 0 Å². The average Bonchev–Trinajstić information content (AvgIpc) is 2.93. The van der Waals surface area contributed by atoms with Crippen LogP contribution in [0.1, 0.15) is 21.5 Å². The van der Waals surface area contributed by atoms with Crippen LogP contribution < -0.4 is 0 Å². The van der Waals surface area contributed by atoms with Crippen molar-refractivity contribution < 1.29 is 4.79 Å². The van der Waals surface area contributed by atoms with E-state index in [9.17, 15) is 4.79 Å². The van der Waals surface area contributed by atoms with Crippen LogP contribution in [0.2, 0.25) is 5.02 Å². The van der Waals surface area contributed by atoms with E-state index in [0.29, 0.717) is 10.6 Å². The van der Waals surface area contributed by atoms with Crippen LogP contribution in [0.4, 0.5) is 0 Å². The Kier molecular flexibility index (Phi) is 2.83. The van der Waals surface area contributed by atoms with Crippen LogP contribution in [0, 0.1) is 0 Å². The number of hydrogen-bond donors (Lipinski definition) is 0. The largest absolute Gasteiger partial charge is 0.298 e. The Bertz CT molecular complexity index is 870. The van der Waals surface area contributed by atoms with Gasteiger partial charge in [-0.2, -0.15) is 0 Å². The van der Waals surface area contributed by atoms with Crippen molar-refractivity contribution in [3.05, 3.63) is 70.2 Å². The van der Waals surface area contributed by atoms with Crippen LogP contribution in [0.5, 0.6) is 0 Å². The summed E-state index contributed by atoms with van der Waals surface area (Å²) in [5.41, 5.74) is 5.63. The molecular weight excluding hydrogens is 280 g/mol. The van der Waals surface area contributed by atoms with Gasteiger partial charge in [0, 0.05) is 5.56 Å². The molecule has 2 heteroatoms. The molecule has 0 spiro atoms. The van der Waals surface area contributed by atoms with Crippen molar-refractivity contribution >= 4 is 28.7 Å². The average molecular weight is 293 g/mol. The number of aldehydes is 1. The SMILES string of the molecule is O=Cc1ccc(-c2ccc3c4c(cccc24)CC3)cc1Cl. The second kappa shape index (κ2) is 4.71. The third kappa shape index (κ3) is 1.89. The lowest BCUT2D eigenvalue weighted by Crippen LogP contribution is -1.87. The molecule has 0 unspecified atom stereocenters. The molecule has 1 aliphatic carbocycles. The molecule has 0 heterocycles. The minimum atomic E-state index is 0.505. The van der Waals surface area contributed by atoms with Crippen molar-refractivity contribution in [2.45, 2.75) is 12.8 Å². The Hall–Kier alpha value is -2.12. The van der Waals surface area contributed by atoms with Gasteiger partial charge in [0.15, 0.2) is 6.29 Å². The minimum absolute atomic E-state index is 0.505. The van der Waals surface area contributed by atoms with Gasteiger partial charge in [-0.05, 0) is 58.0 Å². The smallest absolute Gasteiger partial charge is 0.151 e. The van der Waals surface area contributed by atoms with Crippen LogP contribution in [0.25, 0.3) is 21.9 Å². The van der Waals surface area contributed by atoms with Crippen LogP contribution in [-0.2, 0) is 12.8 Å². The standard InChI is InChI=1S/C19H13ClO/c20-18-10-14(6-7-15(18)11-21)16-9-8-13-5-4-12-2-1-3-17(16)19(12)13/h1-3,6-11H,4-5H2. The molecule has 21 heavy (non-hydrogen) atoms. The molecular formula is C19H13ClO. The molecule has 0 aromatic heterocycles. The van der Waals surface area contributed by atoms with Crippen molar-refractivity contribution in [1.29, 1.82) is 0 Å². The van der Waals surface area contributed by atoms with Crippen LogP contribution in [-0.4, -0.2) is 6.29 Å². The summed E-state index contributed by atoms with van der Waals surface area (Å²) in [6.45, 7) is 0. The molecule has 3 aromatic rings. The molecule has 0 aliphatic heterocycles. The molecule has 0 saturated carbocycles. The number of aryl methyl sites for hydroxylation is 2. The van der Waals surface area contributed by atoms with Gasteiger partial charge in [0.05, 0.1) is 5.02 Å². The molecule has 0 saturated heterocycles. The predicted octanol–water partition coefficient (Wildman–Crippen LogP) is 5.07. The van der Waals surface area contributed by atoms with E-state index in [1.807, 2.05) is 12.1 Å². The molecule has 0 atom stereocenters. The Morgan fingerprint density at radius 2 is 1.76 bits per heavy atom. The molecule has 0 amide bonds. The van der Waals surface area contributed by atoms with Crippen molar-refractivity contribution in [2.24, 2.45) is 0 Å². The van der Waals surface area contributed by atoms with E-state index in [1.165, 1.54) is 27.5 Å². The first kappa shape index (κ1) is 12.6. The Balaban J connectivity index is 2.00. The van der Waals surface area contributed by atoms with Gasteiger partial charge in [-0.3, -0.25) is 4.79 Å². The molecule has 4 rings (SSSR count). The van der Waals surface area contributed by atoms with Gasteiger partial charge < -0.3 is 0 Å². The number of halogens is 1. The lowest BCUT2D eigenvalue weighted by Gasteiger charge is -2.10. The summed E-state index contributed by atoms with van der Waals surface area (Å²) in [5.74, 6) is 0. The summed E-state index contributed by atoms with van der Waals surface area (Å²) >= 11 is 6.17. The van der Waals surface area contributed by atoms with Crippen LogP contribution in [0.3, 0.4) is 0 Å². The van der Waals surface area contributed by atoms with E-state index in [-0.39, 0.29) is 0 Å². The van der Waals surface area contributed by atoms with Gasteiger partial charge in [-0.25, -0.2) is 0 Å². The molecule has 102 valence electrons. The molecule has 3 aromatic carbocycles. The summed E-state index contributed by atoms with van der Waals surface area (Å²) in [6, 6.07) is 16.5. The second-order valence-electron chi connectivity index (χ2n) is 5.47. The monoisotopic (exact) mass is 292 g/mol. The van der Waals surface area contributed by atoms with Gasteiger partial charge >= 0.3 is 0 Å². The summed E-state index contributed by atoms with van der Waals surface area (Å²) < 4.78 is 0. The molecule has 0 N–H and O–H groups in total. The summed E-state index contributed by atoms with van der Waals surface area (Å²) in [5, 5.41) is 3.17. The summed E-state index contributed by atoms with van der Waals surface area (Å²) in [4.78, 5) is 10.9. The van der Waals surface area contributed by atoms with Crippen LogP contribution in [0.15, 0.2) is 48.5 Å². The van der Waals surface area contributed by atoms with E-state index in [4.69, 9.17) is 11.6 Å². The Morgan fingerprint density at radius 3 is 2.52 bits per heavy atom. The normalized spacial score (nSPS) is 12.8. The fraction of sp³-hybridized carbons (Fsp3) is 0.105. The molecule has 0 radical (unpaired) electrons. The van der Waals surface area contributed by atoms with E-state index in [0.717, 1.165) is 24.7 Å². The highest BCUT2D eigenvalue weighted by Gasteiger charge is 2.16. The zero-order valence-electron chi connectivity index (χ0n) is 11.4. The first-order valence-corrected chi connectivity index (χ1v) is 7.44. The van der Waals surface area contributed by atoms with Gasteiger partial charge in [-0.15, -0.1) is 0 Å². The maximum absolute atomic E-state index is 10.9. The van der Waals surface area contributed by atoms with E-state index >= 15 is 0 Å². The van der Waals surface area contributed by atoms with E-state index in [2.05, 4.69) is 30.3 Å². The zero-order valence-corrected chi connectivity index (χ0v) is 12.2. The maximum Gasteiger partial charge on any atom is 0.151 e. The molecule has 1 nitrogen and oxygen atoms in total. The molecule has 0 fully saturated rings. The number of carbonyl (C=O) groups excluding carboxylic acids is 1. The third-order valence-corrected chi connectivity index (χ3v) is 4.64. The predicted molar refractivity (Wildman–Crippen MR) is 87.2 cm³/mol. The number of rotatable bonds is 2. The number of carbonyl (C=O) groups is 1. The van der Waals surface area contributed by atoms with Gasteiger partial charge in [0.1, 0.15) is 0 Å².